The molecule has 0 radical (unpaired) electrons. The number of nitrogens with zero attached hydrogens (tertiary/aromatic N) is 2. The Balaban J connectivity index is 1.92. The van der Waals surface area contributed by atoms with E-state index in [1.165, 1.54) is 11.8 Å². The molecule has 3 aromatic rings. The van der Waals surface area contributed by atoms with Crippen LogP contribution in [0.15, 0.2) is 58.5 Å². The van der Waals surface area contributed by atoms with Gasteiger partial charge in [0.15, 0.2) is 10.9 Å². The van der Waals surface area contributed by atoms with Crippen molar-refractivity contribution in [1.82, 2.24) is 9.55 Å². The first-order valence-electron chi connectivity index (χ1n) is 9.00. The van der Waals surface area contributed by atoms with Crippen LogP contribution in [0.4, 0.5) is 0 Å². The summed E-state index contributed by atoms with van der Waals surface area (Å²) >= 11 is 1.25. The summed E-state index contributed by atoms with van der Waals surface area (Å²) in [6.07, 6.45) is 0.439. The molecular weight excluding hydrogens is 376 g/mol. The van der Waals surface area contributed by atoms with Crippen LogP contribution in [0.2, 0.25) is 0 Å². The molecule has 0 saturated heterocycles. The number of hydrogen-bond donors (Lipinski definition) is 1. The van der Waals surface area contributed by atoms with E-state index in [4.69, 9.17) is 4.74 Å². The number of benzene rings is 2. The summed E-state index contributed by atoms with van der Waals surface area (Å²) in [5.41, 5.74) is 1.01. The van der Waals surface area contributed by atoms with Gasteiger partial charge in [-0.05, 0) is 49.7 Å². The number of carbonyl (C=O) groups excluding carboxylic acids is 1. The first-order valence-corrected chi connectivity index (χ1v) is 9.88. The van der Waals surface area contributed by atoms with Crippen molar-refractivity contribution in [2.45, 2.75) is 30.3 Å². The number of hydrogen-bond acceptors (Lipinski definition) is 6. The molecular formula is C21H22N2O4S. The number of rotatable bonds is 8. The maximum Gasteiger partial charge on any atom is 0.262 e. The number of aromatic nitrogens is 2. The van der Waals surface area contributed by atoms with Crippen LogP contribution in [-0.4, -0.2) is 39.4 Å². The van der Waals surface area contributed by atoms with Gasteiger partial charge in [0, 0.05) is 18.7 Å². The number of aliphatic hydroxyl groups excluding tert-OH is 1. The van der Waals surface area contributed by atoms with Gasteiger partial charge < -0.3 is 9.84 Å². The Labute approximate surface area is 167 Å². The van der Waals surface area contributed by atoms with Crippen LogP contribution in [0.25, 0.3) is 10.9 Å². The molecule has 0 bridgehead atoms. The topological polar surface area (TPSA) is 81.4 Å². The van der Waals surface area contributed by atoms with Gasteiger partial charge in [0.25, 0.3) is 5.56 Å². The fourth-order valence-corrected chi connectivity index (χ4v) is 3.88. The van der Waals surface area contributed by atoms with Gasteiger partial charge in [0.2, 0.25) is 0 Å². The summed E-state index contributed by atoms with van der Waals surface area (Å²) in [7, 11) is 1.58. The number of Topliss-reactive ketones (excluding diaryl/α,β-unsaturated/α-hetero) is 1. The SMILES string of the molecule is COc1ccc(C(=O)[C@@H](C)Sc2nc3ccccc3c(=O)n2CCCO)cc1. The van der Waals surface area contributed by atoms with Crippen molar-refractivity contribution in [2.75, 3.05) is 13.7 Å². The number of fused-ring (bicyclic) bond motifs is 1. The second-order valence-electron chi connectivity index (χ2n) is 6.30. The van der Waals surface area contributed by atoms with Gasteiger partial charge in [-0.25, -0.2) is 4.98 Å². The van der Waals surface area contributed by atoms with E-state index in [0.29, 0.717) is 40.3 Å². The first kappa shape index (κ1) is 20.1. The van der Waals surface area contributed by atoms with Crippen LogP contribution in [0.3, 0.4) is 0 Å². The lowest BCUT2D eigenvalue weighted by molar-refractivity contribution is 0.0993. The summed E-state index contributed by atoms with van der Waals surface area (Å²) in [5, 5.41) is 9.75. The number of para-hydroxylation sites is 1. The summed E-state index contributed by atoms with van der Waals surface area (Å²) in [6, 6.07) is 14.1. The molecule has 2 aromatic carbocycles. The molecule has 0 unspecified atom stereocenters. The van der Waals surface area contributed by atoms with Gasteiger partial charge >= 0.3 is 0 Å². The predicted molar refractivity (Wildman–Crippen MR) is 110 cm³/mol. The predicted octanol–water partition coefficient (Wildman–Crippen LogP) is 3.15. The zero-order chi connectivity index (χ0) is 20.1. The van der Waals surface area contributed by atoms with E-state index in [2.05, 4.69) is 4.98 Å². The molecule has 0 amide bonds. The molecule has 1 heterocycles. The molecule has 6 nitrogen and oxygen atoms in total. The van der Waals surface area contributed by atoms with Crippen LogP contribution in [0.1, 0.15) is 23.7 Å². The van der Waals surface area contributed by atoms with Gasteiger partial charge in [-0.1, -0.05) is 23.9 Å². The van der Waals surface area contributed by atoms with Crippen molar-refractivity contribution >= 4 is 28.4 Å². The lowest BCUT2D eigenvalue weighted by Crippen LogP contribution is -2.25. The normalized spacial score (nSPS) is 12.1. The molecule has 28 heavy (non-hydrogen) atoms. The Morgan fingerprint density at radius 2 is 1.93 bits per heavy atom. The fourth-order valence-electron chi connectivity index (χ4n) is 2.87. The molecule has 0 aliphatic rings. The van der Waals surface area contributed by atoms with E-state index in [0.717, 1.165) is 0 Å². The van der Waals surface area contributed by atoms with Crippen LogP contribution in [0.5, 0.6) is 5.75 Å². The van der Waals surface area contributed by atoms with E-state index in [1.54, 1.807) is 61.1 Å². The van der Waals surface area contributed by atoms with Gasteiger partial charge in [0.1, 0.15) is 5.75 Å². The minimum Gasteiger partial charge on any atom is -0.497 e. The average molecular weight is 398 g/mol. The van der Waals surface area contributed by atoms with E-state index in [9.17, 15) is 14.7 Å². The third kappa shape index (κ3) is 4.26. The third-order valence-corrected chi connectivity index (χ3v) is 5.48. The molecule has 1 aromatic heterocycles. The molecule has 0 aliphatic heterocycles. The zero-order valence-corrected chi connectivity index (χ0v) is 16.6. The quantitative estimate of drug-likeness (QED) is 0.357. The highest BCUT2D eigenvalue weighted by Gasteiger charge is 2.20. The summed E-state index contributed by atoms with van der Waals surface area (Å²) in [4.78, 5) is 30.3. The van der Waals surface area contributed by atoms with E-state index in [1.807, 2.05) is 6.07 Å². The standard InChI is InChI=1S/C21H22N2O4S/c1-14(19(25)15-8-10-16(27-2)11-9-15)28-21-22-18-7-4-3-6-17(18)20(26)23(21)12-5-13-24/h3-4,6-11,14,24H,5,12-13H2,1-2H3/t14-/m1/s1. The van der Waals surface area contributed by atoms with E-state index >= 15 is 0 Å². The minimum absolute atomic E-state index is 0.0241. The van der Waals surface area contributed by atoms with Gasteiger partial charge in [-0.3, -0.25) is 14.2 Å². The molecule has 3 rings (SSSR count). The summed E-state index contributed by atoms with van der Waals surface area (Å²) in [6.45, 7) is 2.12. The van der Waals surface area contributed by atoms with Crippen molar-refractivity contribution in [3.63, 3.8) is 0 Å². The van der Waals surface area contributed by atoms with Crippen molar-refractivity contribution in [3.05, 3.63) is 64.4 Å². The zero-order valence-electron chi connectivity index (χ0n) is 15.8. The number of ether oxygens (including phenoxy) is 1. The Morgan fingerprint density at radius 1 is 1.21 bits per heavy atom. The van der Waals surface area contributed by atoms with Gasteiger partial charge in [0.05, 0.1) is 23.3 Å². The Hall–Kier alpha value is -2.64. The first-order chi connectivity index (χ1) is 13.5. The average Bonchev–Trinajstić information content (AvgIpc) is 2.73. The summed E-state index contributed by atoms with van der Waals surface area (Å²) < 4.78 is 6.67. The van der Waals surface area contributed by atoms with Crippen molar-refractivity contribution in [3.8, 4) is 5.75 Å². The monoisotopic (exact) mass is 398 g/mol. The highest BCUT2D eigenvalue weighted by molar-refractivity contribution is 8.00. The third-order valence-electron chi connectivity index (χ3n) is 4.39. The van der Waals surface area contributed by atoms with Gasteiger partial charge in [-0.15, -0.1) is 0 Å². The molecule has 146 valence electrons. The number of aliphatic hydroxyl groups is 1. The minimum atomic E-state index is -0.429. The molecule has 1 atom stereocenters. The summed E-state index contributed by atoms with van der Waals surface area (Å²) in [5.74, 6) is 0.634. The van der Waals surface area contributed by atoms with Crippen LogP contribution >= 0.6 is 11.8 Å². The fraction of sp³-hybridized carbons (Fsp3) is 0.286. The smallest absolute Gasteiger partial charge is 0.262 e. The second-order valence-corrected chi connectivity index (χ2v) is 7.61. The molecule has 0 saturated carbocycles. The number of ketones is 1. The van der Waals surface area contributed by atoms with Crippen molar-refractivity contribution < 1.29 is 14.6 Å². The second kappa shape index (κ2) is 9.03. The maximum absolute atomic E-state index is 12.9. The van der Waals surface area contributed by atoms with Crippen LogP contribution < -0.4 is 10.3 Å². The number of methoxy groups -OCH3 is 1. The molecule has 0 fully saturated rings. The molecule has 0 spiro atoms. The molecule has 7 heteroatoms. The highest BCUT2D eigenvalue weighted by Crippen LogP contribution is 2.26. The Morgan fingerprint density at radius 3 is 2.61 bits per heavy atom. The van der Waals surface area contributed by atoms with Crippen molar-refractivity contribution in [2.24, 2.45) is 0 Å². The van der Waals surface area contributed by atoms with Crippen LogP contribution in [-0.2, 0) is 6.54 Å². The van der Waals surface area contributed by atoms with Crippen molar-refractivity contribution in [1.29, 1.82) is 0 Å². The number of carbonyl (C=O) groups is 1. The molecule has 1 N–H and O–H groups in total. The number of thioether (sulfide) groups is 1. The lowest BCUT2D eigenvalue weighted by Gasteiger charge is -2.16. The van der Waals surface area contributed by atoms with Crippen LogP contribution in [0, 0.1) is 0 Å². The lowest BCUT2D eigenvalue weighted by atomic mass is 10.1. The Kier molecular flexibility index (Phi) is 6.49. The Bertz CT molecular complexity index is 1030. The largest absolute Gasteiger partial charge is 0.497 e. The van der Waals surface area contributed by atoms with E-state index < -0.39 is 5.25 Å². The highest BCUT2D eigenvalue weighted by atomic mass is 32.2. The van der Waals surface area contributed by atoms with Gasteiger partial charge in [-0.2, -0.15) is 0 Å². The molecule has 0 aliphatic carbocycles. The maximum atomic E-state index is 12.9. The van der Waals surface area contributed by atoms with E-state index in [-0.39, 0.29) is 17.9 Å².